The predicted molar refractivity (Wildman–Crippen MR) is 35.6 cm³/mol. The van der Waals surface area contributed by atoms with Crippen LogP contribution in [0.3, 0.4) is 0 Å². The summed E-state index contributed by atoms with van der Waals surface area (Å²) in [6, 6.07) is 8.24. The second-order valence-electron chi connectivity index (χ2n) is 2.25. The van der Waals surface area contributed by atoms with Gasteiger partial charge in [-0.2, -0.15) is 0 Å². The van der Waals surface area contributed by atoms with Crippen molar-refractivity contribution in [1.82, 2.24) is 0 Å². The van der Waals surface area contributed by atoms with E-state index in [-0.39, 0.29) is 0 Å². The number of rotatable bonds is 0. The van der Waals surface area contributed by atoms with Crippen molar-refractivity contribution in [2.45, 2.75) is 6.42 Å². The van der Waals surface area contributed by atoms with E-state index in [0.717, 1.165) is 18.8 Å². The van der Waals surface area contributed by atoms with Crippen molar-refractivity contribution in [3.63, 3.8) is 0 Å². The van der Waals surface area contributed by atoms with Gasteiger partial charge in [-0.05, 0) is 17.7 Å². The van der Waals surface area contributed by atoms with Gasteiger partial charge in [0.15, 0.2) is 0 Å². The van der Waals surface area contributed by atoms with E-state index < -0.39 is 0 Å². The van der Waals surface area contributed by atoms with Crippen LogP contribution in [0.1, 0.15) is 5.56 Å². The minimum Gasteiger partial charge on any atom is -0.493 e. The van der Waals surface area contributed by atoms with Crippen LogP contribution in [0.5, 0.6) is 5.75 Å². The van der Waals surface area contributed by atoms with Crippen molar-refractivity contribution in [3.05, 3.63) is 29.8 Å². The molecule has 0 spiro atoms. The minimum atomic E-state index is 0.849. The molecule has 0 aromatic heterocycles. The average molecular weight is 120 g/mol. The molecule has 0 unspecified atom stereocenters. The Morgan fingerprint density at radius 3 is 3.11 bits per heavy atom. The molecule has 1 heteroatoms. The molecule has 1 aromatic carbocycles. The zero-order valence-electron chi connectivity index (χ0n) is 5.13. The normalized spacial score (nSPS) is 14.7. The molecule has 0 amide bonds. The van der Waals surface area contributed by atoms with Gasteiger partial charge in [-0.3, -0.25) is 0 Å². The first-order valence-electron chi connectivity index (χ1n) is 3.17. The molecule has 0 saturated heterocycles. The van der Waals surface area contributed by atoms with Crippen molar-refractivity contribution in [1.29, 1.82) is 0 Å². The number of benzene rings is 1. The summed E-state index contributed by atoms with van der Waals surface area (Å²) in [5.41, 5.74) is 1.39. The summed E-state index contributed by atoms with van der Waals surface area (Å²) in [7, 11) is 0. The number of hydrogen-bond donors (Lipinski definition) is 0. The van der Waals surface area contributed by atoms with Gasteiger partial charge in [-0.15, -0.1) is 0 Å². The highest BCUT2D eigenvalue weighted by Gasteiger charge is 2.02. The van der Waals surface area contributed by atoms with E-state index in [1.54, 1.807) is 0 Å². The summed E-state index contributed by atoms with van der Waals surface area (Å²) in [6.07, 6.45) is 1.06. The van der Waals surface area contributed by atoms with Crippen molar-refractivity contribution < 1.29 is 4.74 Å². The van der Waals surface area contributed by atoms with Crippen molar-refractivity contribution in [2.75, 3.05) is 6.61 Å². The lowest BCUT2D eigenvalue weighted by Crippen LogP contribution is -2.06. The smallest absolute Gasteiger partial charge is 0.119 e. The zero-order chi connectivity index (χ0) is 6.10. The number of fused-ring (bicyclic) bond motifs is 2. The maximum atomic E-state index is 5.28. The lowest BCUT2D eigenvalue weighted by Gasteiger charge is -2.12. The second-order valence-corrected chi connectivity index (χ2v) is 2.25. The maximum Gasteiger partial charge on any atom is 0.119 e. The van der Waals surface area contributed by atoms with E-state index in [0.29, 0.717) is 0 Å². The lowest BCUT2D eigenvalue weighted by atomic mass is 10.1. The van der Waals surface area contributed by atoms with Crippen LogP contribution in [0.4, 0.5) is 0 Å². The molecule has 1 aliphatic rings. The Bertz CT molecular complexity index is 198. The maximum absolute atomic E-state index is 5.28. The van der Waals surface area contributed by atoms with Crippen molar-refractivity contribution >= 4 is 0 Å². The molecule has 1 aromatic rings. The fraction of sp³-hybridized carbons (Fsp3) is 0.250. The zero-order valence-corrected chi connectivity index (χ0v) is 5.13. The highest BCUT2D eigenvalue weighted by molar-refractivity contribution is 5.30. The SMILES string of the molecule is c1cc2cc(c1)OCC2. The predicted octanol–water partition coefficient (Wildman–Crippen LogP) is 1.62. The van der Waals surface area contributed by atoms with E-state index >= 15 is 0 Å². The standard InChI is InChI=1S/C8H8O/c1-2-7-4-5-9-8(3-1)6-7/h1-3,6H,4-5H2. The first kappa shape index (κ1) is 4.86. The molecule has 0 radical (unpaired) electrons. The van der Waals surface area contributed by atoms with Crippen LogP contribution < -0.4 is 4.74 Å². The lowest BCUT2D eigenvalue weighted by molar-refractivity contribution is 0.311. The first-order chi connectivity index (χ1) is 4.45. The molecule has 2 rings (SSSR count). The van der Waals surface area contributed by atoms with Gasteiger partial charge in [0.1, 0.15) is 5.75 Å². The molecule has 0 aliphatic carbocycles. The molecule has 2 bridgehead atoms. The third-order valence-corrected chi connectivity index (χ3v) is 1.56. The van der Waals surface area contributed by atoms with Crippen LogP contribution in [0.15, 0.2) is 24.3 Å². The van der Waals surface area contributed by atoms with Gasteiger partial charge in [0.05, 0.1) is 6.61 Å². The van der Waals surface area contributed by atoms with Gasteiger partial charge < -0.3 is 4.74 Å². The molecule has 0 saturated carbocycles. The van der Waals surface area contributed by atoms with Crippen LogP contribution in [-0.4, -0.2) is 6.61 Å². The third kappa shape index (κ3) is 0.784. The molecule has 0 N–H and O–H groups in total. The minimum absolute atomic E-state index is 0.849. The Balaban J connectivity index is 2.53. The van der Waals surface area contributed by atoms with Crippen LogP contribution >= 0.6 is 0 Å². The highest BCUT2D eigenvalue weighted by atomic mass is 16.5. The van der Waals surface area contributed by atoms with E-state index in [4.69, 9.17) is 4.74 Å². The Labute approximate surface area is 54.3 Å². The number of ether oxygens (including phenoxy) is 1. The second kappa shape index (κ2) is 1.76. The Kier molecular flexibility index (Phi) is 0.950. The van der Waals surface area contributed by atoms with Gasteiger partial charge >= 0.3 is 0 Å². The molecular weight excluding hydrogens is 112 g/mol. The van der Waals surface area contributed by atoms with Gasteiger partial charge in [0, 0.05) is 6.42 Å². The summed E-state index contributed by atoms with van der Waals surface area (Å²) in [4.78, 5) is 0. The molecule has 1 nitrogen and oxygen atoms in total. The van der Waals surface area contributed by atoms with Crippen LogP contribution in [0.2, 0.25) is 0 Å². The molecule has 46 valence electrons. The largest absolute Gasteiger partial charge is 0.493 e. The Morgan fingerprint density at radius 2 is 2.33 bits per heavy atom. The monoisotopic (exact) mass is 120 g/mol. The van der Waals surface area contributed by atoms with Crippen molar-refractivity contribution in [3.8, 4) is 5.75 Å². The molecule has 0 fully saturated rings. The first-order valence-corrected chi connectivity index (χ1v) is 3.17. The summed E-state index contributed by atoms with van der Waals surface area (Å²) >= 11 is 0. The fourth-order valence-corrected chi connectivity index (χ4v) is 1.08. The molecule has 1 heterocycles. The summed E-state index contributed by atoms with van der Waals surface area (Å²) in [5, 5.41) is 0. The fourth-order valence-electron chi connectivity index (χ4n) is 1.08. The summed E-state index contributed by atoms with van der Waals surface area (Å²) < 4.78 is 5.28. The summed E-state index contributed by atoms with van der Waals surface area (Å²) in [6.45, 7) is 0.849. The molecule has 9 heavy (non-hydrogen) atoms. The van der Waals surface area contributed by atoms with Gasteiger partial charge in [-0.25, -0.2) is 0 Å². The average Bonchev–Trinajstić information content (AvgIpc) is 1.88. The Morgan fingerprint density at radius 1 is 1.33 bits per heavy atom. The number of hydrogen-bond acceptors (Lipinski definition) is 1. The van der Waals surface area contributed by atoms with Crippen molar-refractivity contribution in [2.24, 2.45) is 0 Å². The summed E-state index contributed by atoms with van der Waals surface area (Å²) in [5.74, 6) is 1.01. The van der Waals surface area contributed by atoms with Gasteiger partial charge in [0.2, 0.25) is 0 Å². The molecule has 0 atom stereocenters. The van der Waals surface area contributed by atoms with Gasteiger partial charge in [-0.1, -0.05) is 12.1 Å². The topological polar surface area (TPSA) is 9.23 Å². The third-order valence-electron chi connectivity index (χ3n) is 1.56. The van der Waals surface area contributed by atoms with Crippen LogP contribution in [0.25, 0.3) is 0 Å². The Hall–Kier alpha value is -0.980. The van der Waals surface area contributed by atoms with Crippen LogP contribution in [0, 0.1) is 0 Å². The highest BCUT2D eigenvalue weighted by Crippen LogP contribution is 2.17. The van der Waals surface area contributed by atoms with E-state index in [1.165, 1.54) is 5.56 Å². The molecular formula is C8H8O. The quantitative estimate of drug-likeness (QED) is 0.505. The van der Waals surface area contributed by atoms with Crippen LogP contribution in [-0.2, 0) is 6.42 Å². The van der Waals surface area contributed by atoms with E-state index in [9.17, 15) is 0 Å². The van der Waals surface area contributed by atoms with Gasteiger partial charge in [0.25, 0.3) is 0 Å². The van der Waals surface area contributed by atoms with E-state index in [1.807, 2.05) is 12.1 Å². The molecule has 1 aliphatic heterocycles. The van der Waals surface area contributed by atoms with E-state index in [2.05, 4.69) is 12.1 Å².